The van der Waals surface area contributed by atoms with Crippen molar-refractivity contribution in [3.05, 3.63) is 246 Å². The maximum Gasteiger partial charge on any atom is 0.135 e. The Bertz CT molecular complexity index is 4410. The van der Waals surface area contributed by atoms with Gasteiger partial charge in [-0.05, 0) is 153 Å². The maximum absolute atomic E-state index is 8.09. The number of para-hydroxylation sites is 1. The minimum Gasteiger partial charge on any atom is -0.456 e. The van der Waals surface area contributed by atoms with E-state index in [-0.39, 0.29) is 10.8 Å². The summed E-state index contributed by atoms with van der Waals surface area (Å²) in [5.41, 5.74) is 12.3. The van der Waals surface area contributed by atoms with Crippen LogP contribution in [0.5, 0.6) is 0 Å². The molecule has 0 aliphatic carbocycles. The van der Waals surface area contributed by atoms with Gasteiger partial charge in [-0.25, -0.2) is 0 Å². The van der Waals surface area contributed by atoms with Crippen molar-refractivity contribution in [3.63, 3.8) is 0 Å². The molecule has 0 spiro atoms. The fourth-order valence-corrected chi connectivity index (χ4v) is 12.6. The molecule has 7 heteroatoms. The quantitative estimate of drug-likeness (QED) is 0.134. The highest BCUT2D eigenvalue weighted by Crippen LogP contribution is 2.51. The lowest BCUT2D eigenvalue weighted by atomic mass is 9.87. The van der Waals surface area contributed by atoms with Gasteiger partial charge in [0.05, 0.1) is 16.4 Å². The van der Waals surface area contributed by atoms with Crippen LogP contribution >= 0.6 is 34.5 Å². The number of furan rings is 1. The lowest BCUT2D eigenvalue weighted by Crippen LogP contribution is -2.16. The fraction of sp³-hybridized carbons (Fsp3) is 0.114. The molecular weight excluding hydrogens is 1000 g/mol. The van der Waals surface area contributed by atoms with E-state index in [9.17, 15) is 0 Å². The molecule has 0 atom stereocenters. The summed E-state index contributed by atoms with van der Waals surface area (Å²) in [7, 11) is 0. The summed E-state index contributed by atoms with van der Waals surface area (Å²) in [5.74, 6) is 0. The lowest BCUT2D eigenvalue weighted by molar-refractivity contribution is 0.590. The van der Waals surface area contributed by atoms with Crippen LogP contribution in [0.25, 0.3) is 63.7 Å². The van der Waals surface area contributed by atoms with Crippen LogP contribution < -0.4 is 14.7 Å². The highest BCUT2D eigenvalue weighted by Gasteiger charge is 2.27. The van der Waals surface area contributed by atoms with Crippen molar-refractivity contribution in [1.82, 2.24) is 0 Å². The van der Waals surface area contributed by atoms with E-state index < -0.39 is 0 Å². The van der Waals surface area contributed by atoms with Gasteiger partial charge >= 0.3 is 0 Å². The minimum absolute atomic E-state index is 0.0313. The van der Waals surface area contributed by atoms with Crippen LogP contribution in [0.4, 0.5) is 51.2 Å². The van der Waals surface area contributed by atoms with Gasteiger partial charge < -0.3 is 19.1 Å². The molecular formula is C70H55Cl2N3OS. The minimum atomic E-state index is -0.0597. The van der Waals surface area contributed by atoms with E-state index in [1.165, 1.54) is 52.8 Å². The van der Waals surface area contributed by atoms with Gasteiger partial charge in [0.1, 0.15) is 11.2 Å². The van der Waals surface area contributed by atoms with Crippen LogP contribution in [-0.2, 0) is 10.8 Å². The average molecular weight is 1060 g/mol. The van der Waals surface area contributed by atoms with E-state index >= 15 is 0 Å². The summed E-state index contributed by atoms with van der Waals surface area (Å²) in [6.45, 7) is 13.5. The van der Waals surface area contributed by atoms with Crippen LogP contribution in [0.15, 0.2) is 229 Å². The van der Waals surface area contributed by atoms with Crippen LogP contribution in [-0.4, -0.2) is 0 Å². The van der Waals surface area contributed by atoms with E-state index in [0.29, 0.717) is 10.0 Å². The second-order valence-corrected chi connectivity index (χ2v) is 24.0. The normalized spacial score (nSPS) is 12.2. The highest BCUT2D eigenvalue weighted by atomic mass is 35.5. The average Bonchev–Trinajstić information content (AvgIpc) is 4.04. The molecule has 4 nitrogen and oxygen atoms in total. The van der Waals surface area contributed by atoms with Gasteiger partial charge in [-0.3, -0.25) is 0 Å². The van der Waals surface area contributed by atoms with Gasteiger partial charge in [-0.2, -0.15) is 0 Å². The molecule has 0 aliphatic heterocycles. The lowest BCUT2D eigenvalue weighted by Gasteiger charge is -2.33. The van der Waals surface area contributed by atoms with Gasteiger partial charge in [0.25, 0.3) is 0 Å². The second kappa shape index (κ2) is 18.9. The van der Waals surface area contributed by atoms with E-state index in [0.717, 1.165) is 73.1 Å². The third-order valence-corrected chi connectivity index (χ3v) is 16.8. The summed E-state index contributed by atoms with van der Waals surface area (Å²) < 4.78 is 8.83. The SMILES string of the molecule is CC(C)(C)c1ccc(N(c2cccc(N(c3ccc4ccc5ccccc5c4c3)c3ccc4oc5ccccc5c4c3)c2)c2cc(Cl)cc(N(c3ccc(C(C)(C)C)cc3)c3ccc4c(c3)sc3ccccc34)c2Cl)cc1. The summed E-state index contributed by atoms with van der Waals surface area (Å²) in [5, 5.41) is 10.5. The largest absolute Gasteiger partial charge is 0.456 e. The molecule has 376 valence electrons. The number of hydrogen-bond acceptors (Lipinski definition) is 5. The Morgan fingerprint density at radius 3 is 1.47 bits per heavy atom. The van der Waals surface area contributed by atoms with Crippen LogP contribution in [0.2, 0.25) is 10.0 Å². The Balaban J connectivity index is 1.02. The van der Waals surface area contributed by atoms with E-state index in [2.05, 4.69) is 256 Å². The van der Waals surface area contributed by atoms with Crippen molar-refractivity contribution >= 4 is 149 Å². The number of benzene rings is 11. The Labute approximate surface area is 463 Å². The molecule has 2 aromatic heterocycles. The Morgan fingerprint density at radius 1 is 0.338 bits per heavy atom. The third-order valence-electron chi connectivity index (χ3n) is 15.0. The number of anilines is 9. The first-order valence-electron chi connectivity index (χ1n) is 26.2. The first-order valence-corrected chi connectivity index (χ1v) is 27.8. The molecule has 0 aliphatic rings. The number of hydrogen-bond donors (Lipinski definition) is 0. The summed E-state index contributed by atoms with van der Waals surface area (Å²) in [4.78, 5) is 6.86. The highest BCUT2D eigenvalue weighted by molar-refractivity contribution is 7.25. The monoisotopic (exact) mass is 1060 g/mol. The Morgan fingerprint density at radius 2 is 0.805 bits per heavy atom. The number of fused-ring (bicyclic) bond motifs is 9. The third kappa shape index (κ3) is 8.83. The zero-order valence-corrected chi connectivity index (χ0v) is 46.1. The molecule has 2 heterocycles. The number of halogens is 2. The number of nitrogens with zero attached hydrogens (tertiary/aromatic N) is 3. The van der Waals surface area contributed by atoms with Crippen molar-refractivity contribution in [2.75, 3.05) is 14.7 Å². The van der Waals surface area contributed by atoms with Crippen molar-refractivity contribution < 1.29 is 4.42 Å². The molecule has 0 saturated heterocycles. The van der Waals surface area contributed by atoms with Gasteiger partial charge in [-0.15, -0.1) is 11.3 Å². The molecule has 0 amide bonds. The molecule has 0 radical (unpaired) electrons. The van der Waals surface area contributed by atoms with Gasteiger partial charge in [0.15, 0.2) is 0 Å². The van der Waals surface area contributed by atoms with Crippen molar-refractivity contribution in [3.8, 4) is 0 Å². The van der Waals surface area contributed by atoms with Crippen LogP contribution in [0.1, 0.15) is 52.7 Å². The van der Waals surface area contributed by atoms with Crippen molar-refractivity contribution in [2.45, 2.75) is 52.4 Å². The maximum atomic E-state index is 8.09. The van der Waals surface area contributed by atoms with Crippen LogP contribution in [0, 0.1) is 0 Å². The van der Waals surface area contributed by atoms with E-state index in [1.807, 2.05) is 24.3 Å². The Kier molecular flexibility index (Phi) is 11.9. The summed E-state index contributed by atoms with van der Waals surface area (Å²) in [6, 6.07) is 80.4. The fourth-order valence-electron chi connectivity index (χ4n) is 11.0. The molecule has 77 heavy (non-hydrogen) atoms. The van der Waals surface area contributed by atoms with Crippen LogP contribution in [0.3, 0.4) is 0 Å². The van der Waals surface area contributed by atoms with Gasteiger partial charge in [0.2, 0.25) is 0 Å². The molecule has 0 saturated carbocycles. The molecule has 0 bridgehead atoms. The molecule has 13 aromatic rings. The summed E-state index contributed by atoms with van der Waals surface area (Å²) >= 11 is 17.4. The van der Waals surface area contributed by atoms with Crippen molar-refractivity contribution in [1.29, 1.82) is 0 Å². The van der Waals surface area contributed by atoms with Gasteiger partial charge in [0, 0.05) is 75.8 Å². The van der Waals surface area contributed by atoms with Crippen molar-refractivity contribution in [2.24, 2.45) is 0 Å². The summed E-state index contributed by atoms with van der Waals surface area (Å²) in [6.07, 6.45) is 0. The molecule has 11 aromatic carbocycles. The van der Waals surface area contributed by atoms with E-state index in [1.54, 1.807) is 11.3 Å². The molecule has 13 rings (SSSR count). The Hall–Kier alpha value is -8.06. The topological polar surface area (TPSA) is 22.9 Å². The number of thiophene rings is 1. The second-order valence-electron chi connectivity index (χ2n) is 22.1. The predicted molar refractivity (Wildman–Crippen MR) is 333 cm³/mol. The smallest absolute Gasteiger partial charge is 0.135 e. The van der Waals surface area contributed by atoms with E-state index in [4.69, 9.17) is 27.6 Å². The molecule has 0 N–H and O–H groups in total. The first kappa shape index (κ1) is 48.6. The zero-order chi connectivity index (χ0) is 52.7. The molecule has 0 unspecified atom stereocenters. The number of rotatable bonds is 9. The zero-order valence-electron chi connectivity index (χ0n) is 43.8. The molecule has 0 fully saturated rings. The standard InChI is InChI=1S/C70H55Cl2N3OS/c1-69(2,3)46-25-30-49(31-26-46)74(62-38-48(71)39-63(68(62)72)75(50-32-27-47(28-33-50)70(4,5)6)55-34-36-59-58-19-10-12-21-66(58)77-67(59)43-55)52-16-13-15-51(40-52)73(54-35-37-65-61(42-54)57-18-9-11-20-64(57)76-65)53-29-24-45-23-22-44-14-7-8-17-56(44)60(45)41-53/h7-43H,1-6H3. The predicted octanol–water partition coefficient (Wildman–Crippen LogP) is 22.6. The van der Waals surface area contributed by atoms with Gasteiger partial charge in [-0.1, -0.05) is 180 Å². The first-order chi connectivity index (χ1) is 37.2.